The highest BCUT2D eigenvalue weighted by Crippen LogP contribution is 2.21. The number of hydrogen-bond acceptors (Lipinski definition) is 4. The molecule has 1 unspecified atom stereocenters. The third-order valence-electron chi connectivity index (χ3n) is 4.69. The van der Waals surface area contributed by atoms with Gasteiger partial charge in [-0.05, 0) is 50.6 Å². The van der Waals surface area contributed by atoms with Gasteiger partial charge in [-0.15, -0.1) is 0 Å². The van der Waals surface area contributed by atoms with E-state index < -0.39 is 0 Å². The van der Waals surface area contributed by atoms with Crippen LogP contribution in [0.4, 0.5) is 0 Å². The number of nitrogens with one attached hydrogen (secondary N) is 2. The van der Waals surface area contributed by atoms with Crippen LogP contribution < -0.4 is 5.32 Å². The number of piperidine rings is 1. The molecule has 122 valence electrons. The predicted molar refractivity (Wildman–Crippen MR) is 83.4 cm³/mol. The van der Waals surface area contributed by atoms with Crippen LogP contribution in [0.5, 0.6) is 0 Å². The second-order valence-corrected chi connectivity index (χ2v) is 6.50. The van der Waals surface area contributed by atoms with Crippen molar-refractivity contribution in [2.24, 2.45) is 0 Å². The molecule has 1 amide bonds. The van der Waals surface area contributed by atoms with Crippen molar-refractivity contribution in [3.63, 3.8) is 0 Å². The van der Waals surface area contributed by atoms with E-state index in [9.17, 15) is 9.90 Å². The van der Waals surface area contributed by atoms with Crippen LogP contribution >= 0.6 is 0 Å². The van der Waals surface area contributed by atoms with Gasteiger partial charge in [-0.1, -0.05) is 6.42 Å². The van der Waals surface area contributed by atoms with Crippen LogP contribution in [0, 0.1) is 0 Å². The zero-order valence-electron chi connectivity index (χ0n) is 13.1. The molecule has 1 aromatic heterocycles. The molecule has 1 fully saturated rings. The van der Waals surface area contributed by atoms with E-state index in [-0.39, 0.29) is 12.0 Å². The number of amides is 1. The normalized spacial score (nSPS) is 22.9. The van der Waals surface area contributed by atoms with E-state index in [0.29, 0.717) is 19.6 Å². The van der Waals surface area contributed by atoms with Gasteiger partial charge in [0.1, 0.15) is 0 Å². The highest BCUT2D eigenvalue weighted by Gasteiger charge is 2.20. The Kier molecular flexibility index (Phi) is 5.10. The number of hydrogen-bond donors (Lipinski definition) is 3. The van der Waals surface area contributed by atoms with Gasteiger partial charge in [-0.3, -0.25) is 14.8 Å². The molecule has 0 bridgehead atoms. The summed E-state index contributed by atoms with van der Waals surface area (Å²) in [5.41, 5.74) is 3.55. The van der Waals surface area contributed by atoms with Crippen molar-refractivity contribution < 1.29 is 9.90 Å². The molecule has 1 aliphatic carbocycles. The molecule has 0 aromatic carbocycles. The van der Waals surface area contributed by atoms with Crippen LogP contribution in [0.1, 0.15) is 49.1 Å². The highest BCUT2D eigenvalue weighted by molar-refractivity contribution is 5.78. The summed E-state index contributed by atoms with van der Waals surface area (Å²) in [7, 11) is 0. The van der Waals surface area contributed by atoms with E-state index in [4.69, 9.17) is 0 Å². The van der Waals surface area contributed by atoms with Crippen LogP contribution in [-0.2, 0) is 24.2 Å². The zero-order chi connectivity index (χ0) is 15.4. The van der Waals surface area contributed by atoms with Gasteiger partial charge in [0.05, 0.1) is 24.9 Å². The Morgan fingerprint density at radius 2 is 2.18 bits per heavy atom. The minimum atomic E-state index is -0.288. The lowest BCUT2D eigenvalue weighted by molar-refractivity contribution is -0.123. The third-order valence-corrected chi connectivity index (χ3v) is 4.69. The lowest BCUT2D eigenvalue weighted by Gasteiger charge is -2.29. The number of carbonyl (C=O) groups excluding carboxylic acids is 1. The molecule has 0 saturated carbocycles. The minimum Gasteiger partial charge on any atom is -0.392 e. The van der Waals surface area contributed by atoms with Crippen LogP contribution in [-0.4, -0.2) is 51.8 Å². The molecule has 3 N–H and O–H groups in total. The van der Waals surface area contributed by atoms with Gasteiger partial charge in [0.25, 0.3) is 0 Å². The van der Waals surface area contributed by atoms with Crippen LogP contribution in [0.25, 0.3) is 0 Å². The molecular weight excluding hydrogens is 280 g/mol. The maximum Gasteiger partial charge on any atom is 0.234 e. The van der Waals surface area contributed by atoms with E-state index in [2.05, 4.69) is 15.5 Å². The van der Waals surface area contributed by atoms with E-state index in [1.54, 1.807) is 0 Å². The van der Waals surface area contributed by atoms with Gasteiger partial charge < -0.3 is 10.4 Å². The van der Waals surface area contributed by atoms with Crippen molar-refractivity contribution in [1.82, 2.24) is 20.4 Å². The smallest absolute Gasteiger partial charge is 0.234 e. The van der Waals surface area contributed by atoms with Crippen molar-refractivity contribution in [2.45, 2.75) is 57.6 Å². The number of rotatable bonds is 4. The molecule has 1 atom stereocenters. The molecular formula is C16H26N4O2. The van der Waals surface area contributed by atoms with E-state index >= 15 is 0 Å². The molecule has 0 spiro atoms. The first-order chi connectivity index (χ1) is 10.7. The van der Waals surface area contributed by atoms with Gasteiger partial charge in [0.15, 0.2) is 0 Å². The molecule has 1 aromatic rings. The van der Waals surface area contributed by atoms with Gasteiger partial charge in [-0.25, -0.2) is 0 Å². The Bertz CT molecular complexity index is 514. The number of fused-ring (bicyclic) bond motifs is 1. The van der Waals surface area contributed by atoms with Gasteiger partial charge >= 0.3 is 0 Å². The largest absolute Gasteiger partial charge is 0.392 e. The molecule has 22 heavy (non-hydrogen) atoms. The zero-order valence-corrected chi connectivity index (χ0v) is 13.1. The molecule has 0 radical (unpaired) electrons. The average molecular weight is 306 g/mol. The molecule has 6 heteroatoms. The standard InChI is InChI=1S/C16H26N4O2/c21-12-5-4-8-20(10-12)11-16(22)17-9-15-13-6-2-1-3-7-14(13)18-19-15/h12,21H,1-11H2,(H,17,22)(H,18,19). The fourth-order valence-corrected chi connectivity index (χ4v) is 3.49. The lowest BCUT2D eigenvalue weighted by Crippen LogP contribution is -2.44. The Hall–Kier alpha value is -1.40. The van der Waals surface area contributed by atoms with Crippen molar-refractivity contribution in [3.05, 3.63) is 17.0 Å². The summed E-state index contributed by atoms with van der Waals surface area (Å²) in [6, 6.07) is 0. The number of aliphatic hydroxyl groups is 1. The number of aromatic amines is 1. The third kappa shape index (κ3) is 3.87. The summed E-state index contributed by atoms with van der Waals surface area (Å²) in [5.74, 6) is 0.0134. The van der Waals surface area contributed by atoms with Crippen LogP contribution in [0.2, 0.25) is 0 Å². The molecule has 2 aliphatic rings. The monoisotopic (exact) mass is 306 g/mol. The average Bonchev–Trinajstić information content (AvgIpc) is 2.72. The number of aliphatic hydroxyl groups excluding tert-OH is 1. The summed E-state index contributed by atoms with van der Waals surface area (Å²) in [5, 5.41) is 20.1. The summed E-state index contributed by atoms with van der Waals surface area (Å²) in [6.45, 7) is 2.36. The first kappa shape index (κ1) is 15.5. The van der Waals surface area contributed by atoms with E-state index in [1.165, 1.54) is 30.5 Å². The number of likely N-dealkylation sites (tertiary alicyclic amines) is 1. The first-order valence-corrected chi connectivity index (χ1v) is 8.44. The Morgan fingerprint density at radius 3 is 3.05 bits per heavy atom. The summed E-state index contributed by atoms with van der Waals surface area (Å²) in [6.07, 6.45) is 7.35. The SMILES string of the molecule is O=C(CN1CCCC(O)C1)NCc1n[nH]c2c1CCCCC2. The van der Waals surface area contributed by atoms with Crippen LogP contribution in [0.3, 0.4) is 0 Å². The van der Waals surface area contributed by atoms with Crippen molar-refractivity contribution in [3.8, 4) is 0 Å². The Labute approximate surface area is 131 Å². The molecule has 1 saturated heterocycles. The minimum absolute atomic E-state index is 0.0134. The van der Waals surface area contributed by atoms with Gasteiger partial charge in [-0.2, -0.15) is 5.10 Å². The summed E-state index contributed by atoms with van der Waals surface area (Å²) < 4.78 is 0. The fraction of sp³-hybridized carbons (Fsp3) is 0.750. The predicted octanol–water partition coefficient (Wildman–Crippen LogP) is 0.752. The van der Waals surface area contributed by atoms with Crippen molar-refractivity contribution in [2.75, 3.05) is 19.6 Å². The van der Waals surface area contributed by atoms with Crippen LogP contribution in [0.15, 0.2) is 0 Å². The van der Waals surface area contributed by atoms with E-state index in [1.807, 2.05) is 4.90 Å². The Balaban J connectivity index is 1.50. The number of aryl methyl sites for hydroxylation is 1. The second kappa shape index (κ2) is 7.24. The van der Waals surface area contributed by atoms with Crippen molar-refractivity contribution >= 4 is 5.91 Å². The quantitative estimate of drug-likeness (QED) is 0.717. The van der Waals surface area contributed by atoms with E-state index in [0.717, 1.165) is 37.9 Å². The topological polar surface area (TPSA) is 81.2 Å². The fourth-order valence-electron chi connectivity index (χ4n) is 3.49. The Morgan fingerprint density at radius 1 is 1.32 bits per heavy atom. The summed E-state index contributed by atoms with van der Waals surface area (Å²) in [4.78, 5) is 14.1. The highest BCUT2D eigenvalue weighted by atomic mass is 16.3. The van der Waals surface area contributed by atoms with Crippen molar-refractivity contribution in [1.29, 1.82) is 0 Å². The first-order valence-electron chi connectivity index (χ1n) is 8.44. The second-order valence-electron chi connectivity index (χ2n) is 6.50. The number of β-amino-alcohol motifs (C(OH)–C–C–N with tert-alkyl or cyclic N) is 1. The maximum absolute atomic E-state index is 12.1. The van der Waals surface area contributed by atoms with Gasteiger partial charge in [0, 0.05) is 12.2 Å². The number of nitrogens with zero attached hydrogens (tertiary/aromatic N) is 2. The maximum atomic E-state index is 12.1. The lowest BCUT2D eigenvalue weighted by atomic mass is 10.1. The molecule has 6 nitrogen and oxygen atoms in total. The number of H-pyrrole nitrogens is 1. The van der Waals surface area contributed by atoms with Gasteiger partial charge in [0.2, 0.25) is 5.91 Å². The number of aromatic nitrogens is 2. The summed E-state index contributed by atoms with van der Waals surface area (Å²) >= 11 is 0. The molecule has 3 rings (SSSR count). The molecule has 1 aliphatic heterocycles. The molecule has 2 heterocycles. The number of carbonyl (C=O) groups is 1.